The average molecular weight is 608 g/mol. The van der Waals surface area contributed by atoms with Crippen molar-refractivity contribution in [2.75, 3.05) is 4.90 Å². The molecule has 0 bridgehead atoms. The van der Waals surface area contributed by atoms with Gasteiger partial charge in [0, 0.05) is 59.5 Å². The van der Waals surface area contributed by atoms with E-state index in [4.69, 9.17) is 4.42 Å². The molecule has 10 rings (SSSR count). The predicted molar refractivity (Wildman–Crippen MR) is 196 cm³/mol. The highest BCUT2D eigenvalue weighted by Gasteiger charge is 2.35. The van der Waals surface area contributed by atoms with Gasteiger partial charge in [-0.25, -0.2) is 0 Å². The normalized spacial score (nSPS) is 13.6. The lowest BCUT2D eigenvalue weighted by molar-refractivity contribution is 0.660. The number of anilines is 3. The molecule has 0 N–H and O–H groups in total. The van der Waals surface area contributed by atoms with E-state index in [0.29, 0.717) is 0 Å². The highest BCUT2D eigenvalue weighted by atomic mass is 32.1. The molecule has 0 spiro atoms. The van der Waals surface area contributed by atoms with Gasteiger partial charge in [-0.2, -0.15) is 0 Å². The molecule has 2 heterocycles. The monoisotopic (exact) mass is 607 g/mol. The molecule has 0 atom stereocenters. The number of rotatable bonds is 3. The number of nitrogens with zero attached hydrogens (tertiary/aromatic N) is 1. The first-order valence-electron chi connectivity index (χ1n) is 15.8. The zero-order valence-electron chi connectivity index (χ0n) is 25.5. The summed E-state index contributed by atoms with van der Waals surface area (Å²) in [5, 5.41) is 7.34. The van der Waals surface area contributed by atoms with Crippen LogP contribution in [0.2, 0.25) is 0 Å². The topological polar surface area (TPSA) is 16.4 Å². The minimum absolute atomic E-state index is 0.0924. The van der Waals surface area contributed by atoms with Crippen molar-refractivity contribution < 1.29 is 4.42 Å². The van der Waals surface area contributed by atoms with E-state index in [1.165, 1.54) is 58.6 Å². The first-order chi connectivity index (χ1) is 22.5. The van der Waals surface area contributed by atoms with Crippen molar-refractivity contribution in [2.45, 2.75) is 19.3 Å². The van der Waals surface area contributed by atoms with Crippen LogP contribution in [0.15, 0.2) is 144 Å². The van der Waals surface area contributed by atoms with Crippen molar-refractivity contribution in [1.82, 2.24) is 0 Å². The molecule has 2 nitrogen and oxygen atoms in total. The zero-order valence-corrected chi connectivity index (χ0v) is 26.4. The first-order valence-corrected chi connectivity index (χ1v) is 16.7. The van der Waals surface area contributed by atoms with Gasteiger partial charge >= 0.3 is 0 Å². The molecule has 0 radical (unpaired) electrons. The Morgan fingerprint density at radius 1 is 0.500 bits per heavy atom. The van der Waals surface area contributed by atoms with E-state index >= 15 is 0 Å². The van der Waals surface area contributed by atoms with Crippen LogP contribution in [0.1, 0.15) is 25.0 Å². The number of thiophene rings is 1. The van der Waals surface area contributed by atoms with E-state index in [0.717, 1.165) is 33.6 Å². The molecule has 218 valence electrons. The Balaban J connectivity index is 1.21. The second kappa shape index (κ2) is 9.32. The number of hydrogen-bond acceptors (Lipinski definition) is 3. The molecule has 0 unspecified atom stereocenters. The molecular formula is C43H29NOS. The third-order valence-corrected chi connectivity index (χ3v) is 11.2. The Hall–Kier alpha value is -5.38. The second-order valence-electron chi connectivity index (χ2n) is 13.0. The van der Waals surface area contributed by atoms with Gasteiger partial charge in [0.15, 0.2) is 0 Å². The van der Waals surface area contributed by atoms with Gasteiger partial charge in [0.1, 0.15) is 11.2 Å². The lowest BCUT2D eigenvalue weighted by atomic mass is 9.82. The second-order valence-corrected chi connectivity index (χ2v) is 14.0. The molecule has 2 aromatic heterocycles. The summed E-state index contributed by atoms with van der Waals surface area (Å²) in [6, 6.07) is 51.0. The number of hydrogen-bond donors (Lipinski definition) is 0. The highest BCUT2D eigenvalue weighted by molar-refractivity contribution is 7.25. The lowest BCUT2D eigenvalue weighted by Crippen LogP contribution is -2.16. The van der Waals surface area contributed by atoms with Crippen LogP contribution in [0.3, 0.4) is 0 Å². The van der Waals surface area contributed by atoms with Crippen molar-refractivity contribution in [3.8, 4) is 11.1 Å². The van der Waals surface area contributed by atoms with Crippen LogP contribution in [0.5, 0.6) is 0 Å². The lowest BCUT2D eigenvalue weighted by Gasteiger charge is -2.28. The maximum atomic E-state index is 6.56. The molecule has 0 fully saturated rings. The smallest absolute Gasteiger partial charge is 0.137 e. The molecular weight excluding hydrogens is 579 g/mol. The molecule has 0 aliphatic heterocycles. The summed E-state index contributed by atoms with van der Waals surface area (Å²) in [7, 11) is 0. The Kier molecular flexibility index (Phi) is 5.25. The Labute approximate surface area is 270 Å². The Morgan fingerprint density at radius 3 is 2.13 bits per heavy atom. The summed E-state index contributed by atoms with van der Waals surface area (Å²) in [4.78, 5) is 2.40. The molecule has 0 saturated carbocycles. The fourth-order valence-electron chi connectivity index (χ4n) is 7.81. The van der Waals surface area contributed by atoms with E-state index in [1.54, 1.807) is 0 Å². The summed E-state index contributed by atoms with van der Waals surface area (Å²) >= 11 is 1.85. The summed E-state index contributed by atoms with van der Waals surface area (Å²) < 4.78 is 9.18. The van der Waals surface area contributed by atoms with Gasteiger partial charge in [-0.1, -0.05) is 92.7 Å². The van der Waals surface area contributed by atoms with Crippen LogP contribution in [0.4, 0.5) is 17.1 Å². The molecule has 46 heavy (non-hydrogen) atoms. The van der Waals surface area contributed by atoms with E-state index < -0.39 is 0 Å². The first kappa shape index (κ1) is 25.9. The van der Waals surface area contributed by atoms with Gasteiger partial charge in [-0.05, 0) is 87.6 Å². The Bertz CT molecular complexity index is 2690. The zero-order chi connectivity index (χ0) is 30.6. The molecule has 1 aliphatic carbocycles. The molecule has 1 aliphatic rings. The highest BCUT2D eigenvalue weighted by Crippen LogP contribution is 2.51. The van der Waals surface area contributed by atoms with E-state index in [2.05, 4.69) is 158 Å². The summed E-state index contributed by atoms with van der Waals surface area (Å²) in [6.07, 6.45) is 0. The van der Waals surface area contributed by atoms with Gasteiger partial charge in [0.05, 0.1) is 0 Å². The van der Waals surface area contributed by atoms with E-state index in [1.807, 2.05) is 11.3 Å². The van der Waals surface area contributed by atoms with Crippen LogP contribution >= 0.6 is 11.3 Å². The number of furan rings is 1. The molecule has 7 aromatic carbocycles. The van der Waals surface area contributed by atoms with Crippen molar-refractivity contribution in [3.05, 3.63) is 151 Å². The maximum absolute atomic E-state index is 6.56. The summed E-state index contributed by atoms with van der Waals surface area (Å²) in [6.45, 7) is 4.69. The number of fused-ring (bicyclic) bond motifs is 11. The van der Waals surface area contributed by atoms with Crippen molar-refractivity contribution in [2.24, 2.45) is 0 Å². The fourth-order valence-corrected chi connectivity index (χ4v) is 8.89. The quantitative estimate of drug-likeness (QED) is 0.199. The van der Waals surface area contributed by atoms with Crippen LogP contribution in [-0.2, 0) is 5.41 Å². The van der Waals surface area contributed by atoms with Gasteiger partial charge < -0.3 is 9.32 Å². The van der Waals surface area contributed by atoms with Crippen molar-refractivity contribution in [3.63, 3.8) is 0 Å². The minimum Gasteiger partial charge on any atom is -0.456 e. The summed E-state index contributed by atoms with van der Waals surface area (Å²) in [5.74, 6) is 0. The van der Waals surface area contributed by atoms with E-state index in [9.17, 15) is 0 Å². The van der Waals surface area contributed by atoms with Gasteiger partial charge in [0.25, 0.3) is 0 Å². The standard InChI is InChI=1S/C43H29NOS/c1-43(2)36-13-7-5-11-31(36)32-19-16-28(24-37(32)43)44(27-18-22-41-35(23-27)33-12-6-8-14-40(33)46-41)29-17-20-34-39(25-29)45-38-21-15-26-9-3-4-10-30(26)42(34)38/h3-25H,1-2H3. The largest absolute Gasteiger partial charge is 0.456 e. The number of benzene rings is 7. The SMILES string of the molecule is CC1(C)c2ccccc2-c2ccc(N(c3ccc4c(c3)oc3ccc5ccccc5c34)c3ccc4sc5ccccc5c4c3)cc21. The molecule has 0 saturated heterocycles. The molecule has 3 heteroatoms. The van der Waals surface area contributed by atoms with Crippen LogP contribution < -0.4 is 4.90 Å². The fraction of sp³-hybridized carbons (Fsp3) is 0.0698. The third-order valence-electron chi connectivity index (χ3n) is 10.0. The van der Waals surface area contributed by atoms with Gasteiger partial charge in [-0.15, -0.1) is 11.3 Å². The Morgan fingerprint density at radius 2 is 1.20 bits per heavy atom. The van der Waals surface area contributed by atoms with Crippen LogP contribution in [0.25, 0.3) is 64.0 Å². The predicted octanol–water partition coefficient (Wildman–Crippen LogP) is 12.9. The summed E-state index contributed by atoms with van der Waals surface area (Å²) in [5.41, 5.74) is 10.5. The average Bonchev–Trinajstić information content (AvgIpc) is 3.73. The van der Waals surface area contributed by atoms with Gasteiger partial charge in [-0.3, -0.25) is 0 Å². The third kappa shape index (κ3) is 3.58. The minimum atomic E-state index is -0.0924. The van der Waals surface area contributed by atoms with Crippen molar-refractivity contribution in [1.29, 1.82) is 0 Å². The van der Waals surface area contributed by atoms with Gasteiger partial charge in [0.2, 0.25) is 0 Å². The molecule has 0 amide bonds. The molecule has 9 aromatic rings. The van der Waals surface area contributed by atoms with Crippen molar-refractivity contribution >= 4 is 81.3 Å². The van der Waals surface area contributed by atoms with Crippen LogP contribution in [0, 0.1) is 0 Å². The maximum Gasteiger partial charge on any atom is 0.137 e. The van der Waals surface area contributed by atoms with Crippen LogP contribution in [-0.4, -0.2) is 0 Å². The van der Waals surface area contributed by atoms with E-state index in [-0.39, 0.29) is 5.41 Å².